The number of aryl methyl sites for hydroxylation is 1. The fraction of sp³-hybridized carbons (Fsp3) is 0.167. The number of thiophene rings is 1. The lowest BCUT2D eigenvalue weighted by Crippen LogP contribution is -1.97. The molecule has 0 fully saturated rings. The predicted molar refractivity (Wildman–Crippen MR) is 69.8 cm³/mol. The average Bonchev–Trinajstić information content (AvgIpc) is 2.96. The number of fused-ring (bicyclic) bond motifs is 1. The van der Waals surface area contributed by atoms with Crippen LogP contribution in [0.5, 0.6) is 0 Å². The molecule has 3 aromatic heterocycles. The standard InChI is InChI=1S/C12H12N4S/c1-7-15-11(9-3-2-4-17-9)10-8(5-13)6-14-12(10)16-7/h2-4,6H,5,13H2,1H3,(H,14,15,16). The van der Waals surface area contributed by atoms with Gasteiger partial charge in [-0.15, -0.1) is 11.3 Å². The van der Waals surface area contributed by atoms with Gasteiger partial charge in [-0.25, -0.2) is 9.97 Å². The maximum Gasteiger partial charge on any atom is 0.142 e. The largest absolute Gasteiger partial charge is 0.346 e. The third kappa shape index (κ3) is 1.64. The van der Waals surface area contributed by atoms with E-state index in [0.29, 0.717) is 6.54 Å². The summed E-state index contributed by atoms with van der Waals surface area (Å²) in [5.41, 5.74) is 8.65. The van der Waals surface area contributed by atoms with Crippen LogP contribution in [-0.2, 0) is 6.54 Å². The minimum Gasteiger partial charge on any atom is -0.346 e. The smallest absolute Gasteiger partial charge is 0.142 e. The first-order valence-corrected chi connectivity index (χ1v) is 6.26. The number of aromatic amines is 1. The molecule has 0 saturated heterocycles. The van der Waals surface area contributed by atoms with Crippen LogP contribution in [0, 0.1) is 6.92 Å². The van der Waals surface area contributed by atoms with E-state index in [0.717, 1.165) is 33.0 Å². The van der Waals surface area contributed by atoms with Crippen LogP contribution in [0.4, 0.5) is 0 Å². The second-order valence-electron chi connectivity index (χ2n) is 3.84. The Kier molecular flexibility index (Phi) is 2.42. The molecule has 0 radical (unpaired) electrons. The van der Waals surface area contributed by atoms with Gasteiger partial charge in [-0.3, -0.25) is 0 Å². The Morgan fingerprint density at radius 3 is 3.00 bits per heavy atom. The predicted octanol–water partition coefficient (Wildman–Crippen LogP) is 2.45. The minimum absolute atomic E-state index is 0.491. The molecule has 0 aliphatic heterocycles. The summed E-state index contributed by atoms with van der Waals surface area (Å²) in [6.07, 6.45) is 1.91. The van der Waals surface area contributed by atoms with Gasteiger partial charge >= 0.3 is 0 Å². The van der Waals surface area contributed by atoms with Crippen LogP contribution in [0.1, 0.15) is 11.4 Å². The molecule has 0 atom stereocenters. The Bertz CT molecular complexity index is 655. The lowest BCUT2D eigenvalue weighted by Gasteiger charge is -2.03. The van der Waals surface area contributed by atoms with E-state index in [4.69, 9.17) is 5.73 Å². The second-order valence-corrected chi connectivity index (χ2v) is 4.79. The molecular formula is C12H12N4S. The highest BCUT2D eigenvalue weighted by atomic mass is 32.1. The molecule has 5 heteroatoms. The highest BCUT2D eigenvalue weighted by Gasteiger charge is 2.13. The van der Waals surface area contributed by atoms with E-state index in [1.807, 2.05) is 24.6 Å². The summed E-state index contributed by atoms with van der Waals surface area (Å²) in [7, 11) is 0. The third-order valence-corrected chi connectivity index (χ3v) is 3.58. The normalized spacial score (nSPS) is 11.2. The van der Waals surface area contributed by atoms with E-state index in [1.165, 1.54) is 0 Å². The van der Waals surface area contributed by atoms with Crippen LogP contribution < -0.4 is 5.73 Å². The zero-order valence-corrected chi connectivity index (χ0v) is 10.2. The fourth-order valence-corrected chi connectivity index (χ4v) is 2.68. The third-order valence-electron chi connectivity index (χ3n) is 2.70. The number of nitrogens with zero attached hydrogens (tertiary/aromatic N) is 2. The van der Waals surface area contributed by atoms with E-state index in [-0.39, 0.29) is 0 Å². The van der Waals surface area contributed by atoms with Crippen LogP contribution in [0.15, 0.2) is 23.7 Å². The molecule has 0 amide bonds. The Labute approximate surface area is 103 Å². The van der Waals surface area contributed by atoms with Crippen molar-refractivity contribution in [1.82, 2.24) is 15.0 Å². The van der Waals surface area contributed by atoms with Gasteiger partial charge in [0.25, 0.3) is 0 Å². The van der Waals surface area contributed by atoms with Gasteiger partial charge in [0, 0.05) is 12.7 Å². The number of H-pyrrole nitrogens is 1. The van der Waals surface area contributed by atoms with Crippen molar-refractivity contribution in [2.75, 3.05) is 0 Å². The fourth-order valence-electron chi connectivity index (χ4n) is 1.96. The summed E-state index contributed by atoms with van der Waals surface area (Å²) in [4.78, 5) is 13.2. The molecule has 3 rings (SSSR count). The van der Waals surface area contributed by atoms with Crippen LogP contribution in [0.25, 0.3) is 21.6 Å². The maximum absolute atomic E-state index is 5.75. The Hall–Kier alpha value is -1.72. The highest BCUT2D eigenvalue weighted by molar-refractivity contribution is 7.13. The van der Waals surface area contributed by atoms with Crippen molar-refractivity contribution in [1.29, 1.82) is 0 Å². The highest BCUT2D eigenvalue weighted by Crippen LogP contribution is 2.31. The number of nitrogens with two attached hydrogens (primary N) is 1. The number of hydrogen-bond donors (Lipinski definition) is 2. The van der Waals surface area contributed by atoms with Crippen molar-refractivity contribution >= 4 is 22.4 Å². The van der Waals surface area contributed by atoms with Gasteiger partial charge in [0.2, 0.25) is 0 Å². The second kappa shape index (κ2) is 3.94. The zero-order valence-electron chi connectivity index (χ0n) is 9.40. The topological polar surface area (TPSA) is 67.6 Å². The summed E-state index contributed by atoms with van der Waals surface area (Å²) in [5.74, 6) is 0.770. The minimum atomic E-state index is 0.491. The van der Waals surface area contributed by atoms with Gasteiger partial charge in [-0.05, 0) is 23.9 Å². The number of hydrogen-bond acceptors (Lipinski definition) is 4. The molecule has 0 unspecified atom stereocenters. The van der Waals surface area contributed by atoms with Crippen molar-refractivity contribution in [3.63, 3.8) is 0 Å². The van der Waals surface area contributed by atoms with E-state index < -0.39 is 0 Å². The first-order valence-electron chi connectivity index (χ1n) is 5.38. The van der Waals surface area contributed by atoms with Crippen molar-refractivity contribution in [2.24, 2.45) is 5.73 Å². The monoisotopic (exact) mass is 244 g/mol. The molecule has 17 heavy (non-hydrogen) atoms. The molecule has 0 spiro atoms. The van der Waals surface area contributed by atoms with Crippen molar-refractivity contribution in [3.8, 4) is 10.6 Å². The van der Waals surface area contributed by atoms with Gasteiger partial charge in [0.15, 0.2) is 0 Å². The van der Waals surface area contributed by atoms with Crippen molar-refractivity contribution in [2.45, 2.75) is 13.5 Å². The molecule has 86 valence electrons. The van der Waals surface area contributed by atoms with E-state index >= 15 is 0 Å². The summed E-state index contributed by atoms with van der Waals surface area (Å²) >= 11 is 1.68. The number of rotatable bonds is 2. The molecule has 4 nitrogen and oxygen atoms in total. The first-order chi connectivity index (χ1) is 8.29. The number of aromatic nitrogens is 3. The Morgan fingerprint density at radius 2 is 2.29 bits per heavy atom. The molecule has 0 aliphatic rings. The first kappa shape index (κ1) is 10.4. The van der Waals surface area contributed by atoms with Crippen LogP contribution >= 0.6 is 11.3 Å². The molecule has 0 aromatic carbocycles. The van der Waals surface area contributed by atoms with Gasteiger partial charge in [-0.2, -0.15) is 0 Å². The van der Waals surface area contributed by atoms with Gasteiger partial charge < -0.3 is 10.7 Å². The van der Waals surface area contributed by atoms with Crippen molar-refractivity contribution in [3.05, 3.63) is 35.1 Å². The molecular weight excluding hydrogens is 232 g/mol. The lowest BCUT2D eigenvalue weighted by molar-refractivity contribution is 1.08. The van der Waals surface area contributed by atoms with Gasteiger partial charge in [0.05, 0.1) is 16.0 Å². The molecule has 3 aromatic rings. The lowest BCUT2D eigenvalue weighted by atomic mass is 10.1. The summed E-state index contributed by atoms with van der Waals surface area (Å²) in [6.45, 7) is 2.39. The Balaban J connectivity index is 2.38. The molecule has 3 N–H and O–H groups in total. The Morgan fingerprint density at radius 1 is 1.41 bits per heavy atom. The van der Waals surface area contributed by atoms with Crippen LogP contribution in [0.3, 0.4) is 0 Å². The summed E-state index contributed by atoms with van der Waals surface area (Å²) in [5, 5.41) is 3.09. The summed E-state index contributed by atoms with van der Waals surface area (Å²) < 4.78 is 0. The van der Waals surface area contributed by atoms with E-state index in [2.05, 4.69) is 21.0 Å². The zero-order chi connectivity index (χ0) is 11.8. The van der Waals surface area contributed by atoms with Crippen molar-refractivity contribution < 1.29 is 0 Å². The maximum atomic E-state index is 5.75. The molecule has 0 bridgehead atoms. The summed E-state index contributed by atoms with van der Waals surface area (Å²) in [6, 6.07) is 4.09. The number of nitrogens with one attached hydrogen (secondary N) is 1. The molecule has 0 aliphatic carbocycles. The van der Waals surface area contributed by atoms with Gasteiger partial charge in [0.1, 0.15) is 11.5 Å². The molecule has 0 saturated carbocycles. The SMILES string of the molecule is Cc1nc(-c2cccs2)c2c(CN)c[nH]c2n1. The average molecular weight is 244 g/mol. The molecule has 3 heterocycles. The van der Waals surface area contributed by atoms with Gasteiger partial charge in [-0.1, -0.05) is 6.07 Å². The van der Waals surface area contributed by atoms with E-state index in [1.54, 1.807) is 11.3 Å². The quantitative estimate of drug-likeness (QED) is 0.727. The van der Waals surface area contributed by atoms with Crippen LogP contribution in [-0.4, -0.2) is 15.0 Å². The van der Waals surface area contributed by atoms with E-state index in [9.17, 15) is 0 Å². The van der Waals surface area contributed by atoms with Crippen LogP contribution in [0.2, 0.25) is 0 Å².